The Balaban J connectivity index is 2.74. The van der Waals surface area contributed by atoms with E-state index in [1.165, 1.54) is 24.3 Å². The third kappa shape index (κ3) is 6.72. The molecule has 0 fully saturated rings. The first kappa shape index (κ1) is 25.2. The lowest BCUT2D eigenvalue weighted by Gasteiger charge is -2.28. The molecule has 0 heterocycles. The molecular formula is C20H24Cl2N2O6S. The van der Waals surface area contributed by atoms with Gasteiger partial charge in [0.25, 0.3) is 0 Å². The van der Waals surface area contributed by atoms with E-state index < -0.39 is 20.9 Å². The Kier molecular flexibility index (Phi) is 8.96. The van der Waals surface area contributed by atoms with Crippen molar-refractivity contribution in [1.29, 1.82) is 0 Å². The van der Waals surface area contributed by atoms with E-state index >= 15 is 0 Å². The summed E-state index contributed by atoms with van der Waals surface area (Å²) >= 11 is 12.0. The number of nitrogens with two attached hydrogens (primary N) is 1. The van der Waals surface area contributed by atoms with Crippen LogP contribution in [0.3, 0.4) is 0 Å². The summed E-state index contributed by atoms with van der Waals surface area (Å²) in [5.74, 6) is -1.24. The summed E-state index contributed by atoms with van der Waals surface area (Å²) in [6.07, 6.45) is 1.98. The molecule has 0 saturated carbocycles. The highest BCUT2D eigenvalue weighted by Gasteiger charge is 2.26. The van der Waals surface area contributed by atoms with Crippen LogP contribution in [0.4, 0.5) is 5.69 Å². The van der Waals surface area contributed by atoms with Gasteiger partial charge in [0.15, 0.2) is 5.75 Å². The smallest absolute Gasteiger partial charge is 0.335 e. The van der Waals surface area contributed by atoms with Crippen LogP contribution >= 0.6 is 23.2 Å². The maximum absolute atomic E-state index is 12.3. The minimum atomic E-state index is -4.35. The molecule has 0 aliphatic rings. The van der Waals surface area contributed by atoms with E-state index in [0.29, 0.717) is 19.5 Å². The first-order valence-electron chi connectivity index (χ1n) is 9.51. The highest BCUT2D eigenvalue weighted by atomic mass is 35.5. The third-order valence-electron chi connectivity index (χ3n) is 4.41. The van der Waals surface area contributed by atoms with Gasteiger partial charge in [0.1, 0.15) is 10.6 Å². The fraction of sp³-hybridized carbons (Fsp3) is 0.350. The summed E-state index contributed by atoms with van der Waals surface area (Å²) < 4.78 is 30.6. The maximum atomic E-state index is 12.3. The monoisotopic (exact) mass is 490 g/mol. The number of primary sulfonamides is 1. The van der Waals surface area contributed by atoms with Gasteiger partial charge in [-0.15, -0.1) is 0 Å². The average molecular weight is 491 g/mol. The Morgan fingerprint density at radius 3 is 2.35 bits per heavy atom. The van der Waals surface area contributed by atoms with E-state index in [2.05, 4.69) is 0 Å². The first-order chi connectivity index (χ1) is 14.6. The number of carboxylic acids is 1. The molecule has 0 aromatic heterocycles. The third-order valence-corrected chi connectivity index (χ3v) is 6.06. The number of aromatic carboxylic acids is 1. The quantitative estimate of drug-likeness (QED) is 0.431. The normalized spacial score (nSPS) is 11.4. The summed E-state index contributed by atoms with van der Waals surface area (Å²) in [7, 11) is -4.35. The zero-order valence-corrected chi connectivity index (χ0v) is 19.2. The van der Waals surface area contributed by atoms with Gasteiger partial charge >= 0.3 is 5.97 Å². The molecule has 170 valence electrons. The molecule has 0 bridgehead atoms. The summed E-state index contributed by atoms with van der Waals surface area (Å²) in [5.41, 5.74) is -0.0251. The maximum Gasteiger partial charge on any atom is 0.335 e. The Morgan fingerprint density at radius 1 is 1.13 bits per heavy atom. The number of nitrogens with zero attached hydrogens (tertiary/aromatic N) is 1. The van der Waals surface area contributed by atoms with Gasteiger partial charge in [0, 0.05) is 25.8 Å². The van der Waals surface area contributed by atoms with Gasteiger partial charge in [-0.3, -0.25) is 0 Å². The summed E-state index contributed by atoms with van der Waals surface area (Å²) in [6.45, 7) is 2.73. The number of rotatable bonds is 11. The van der Waals surface area contributed by atoms with E-state index in [4.69, 9.17) is 33.1 Å². The number of carboxylic acid groups (broad SMARTS) is 1. The molecule has 0 radical (unpaired) electrons. The molecule has 0 unspecified atom stereocenters. The lowest BCUT2D eigenvalue weighted by Crippen LogP contribution is -2.28. The van der Waals surface area contributed by atoms with Gasteiger partial charge in [-0.2, -0.15) is 0 Å². The number of hydrogen-bond donors (Lipinski definition) is 3. The van der Waals surface area contributed by atoms with Gasteiger partial charge in [0.05, 0.1) is 21.3 Å². The summed E-state index contributed by atoms with van der Waals surface area (Å²) in [4.78, 5) is 13.0. The van der Waals surface area contributed by atoms with Gasteiger partial charge in [0.2, 0.25) is 10.0 Å². The Labute approximate surface area is 191 Å². The van der Waals surface area contributed by atoms with Gasteiger partial charge in [-0.05, 0) is 37.1 Å². The molecule has 0 amide bonds. The molecule has 11 heteroatoms. The number of hydrogen-bond acceptors (Lipinski definition) is 6. The van der Waals surface area contributed by atoms with Crippen LogP contribution in [0.5, 0.6) is 11.5 Å². The van der Waals surface area contributed by atoms with Crippen molar-refractivity contribution in [2.24, 2.45) is 5.14 Å². The lowest BCUT2D eigenvalue weighted by atomic mass is 10.1. The molecule has 0 saturated heterocycles. The predicted molar refractivity (Wildman–Crippen MR) is 120 cm³/mol. The summed E-state index contributed by atoms with van der Waals surface area (Å²) in [5, 5.41) is 24.7. The van der Waals surface area contributed by atoms with Crippen molar-refractivity contribution in [1.82, 2.24) is 0 Å². The number of ether oxygens (including phenoxy) is 1. The van der Waals surface area contributed by atoms with Crippen LogP contribution in [0.2, 0.25) is 10.0 Å². The number of sulfonamides is 1. The number of aliphatic hydroxyl groups excluding tert-OH is 1. The van der Waals surface area contributed by atoms with Crippen molar-refractivity contribution in [2.75, 3.05) is 24.6 Å². The standard InChI is InChI=1S/C20H24Cl2N2O6S/c1-2-3-7-24(8-4-9-25)17-10-13(20(26)27)11-18(31(23,28)29)19(17)30-14-5-6-15(21)16(22)12-14/h5-6,10-12,25H,2-4,7-9H2,1H3,(H,26,27)(H2,23,28,29). The number of anilines is 1. The zero-order chi connectivity index (χ0) is 23.2. The SMILES string of the molecule is CCCCN(CCCO)c1cc(C(=O)O)cc(S(N)(=O)=O)c1Oc1ccc(Cl)c(Cl)c1. The topological polar surface area (TPSA) is 130 Å². The zero-order valence-electron chi connectivity index (χ0n) is 16.8. The van der Waals surface area contributed by atoms with Crippen LogP contribution in [-0.2, 0) is 10.0 Å². The fourth-order valence-electron chi connectivity index (χ4n) is 2.88. The largest absolute Gasteiger partial charge is 0.478 e. The van der Waals surface area contributed by atoms with Crippen LogP contribution < -0.4 is 14.8 Å². The van der Waals surface area contributed by atoms with Crippen molar-refractivity contribution < 1.29 is 28.2 Å². The molecule has 0 atom stereocenters. The van der Waals surface area contributed by atoms with Crippen molar-refractivity contribution in [3.05, 3.63) is 45.9 Å². The molecule has 2 rings (SSSR count). The number of carbonyl (C=O) groups is 1. The molecular weight excluding hydrogens is 467 g/mol. The second kappa shape index (κ2) is 11.0. The lowest BCUT2D eigenvalue weighted by molar-refractivity contribution is 0.0696. The second-order valence-corrected chi connectivity index (χ2v) is 9.11. The van der Waals surface area contributed by atoms with Gasteiger partial charge < -0.3 is 19.8 Å². The Bertz CT molecular complexity index is 1040. The predicted octanol–water partition coefficient (Wildman–Crippen LogP) is 4.12. The van der Waals surface area contributed by atoms with Crippen molar-refractivity contribution in [2.45, 2.75) is 31.1 Å². The Morgan fingerprint density at radius 2 is 1.81 bits per heavy atom. The molecule has 0 spiro atoms. The molecule has 4 N–H and O–H groups in total. The minimum Gasteiger partial charge on any atom is -0.478 e. The van der Waals surface area contributed by atoms with E-state index in [9.17, 15) is 23.4 Å². The highest BCUT2D eigenvalue weighted by Crippen LogP contribution is 2.40. The minimum absolute atomic E-state index is 0.0910. The number of halogens is 2. The molecule has 0 aliphatic heterocycles. The molecule has 0 aliphatic carbocycles. The van der Waals surface area contributed by atoms with E-state index in [1.807, 2.05) is 6.92 Å². The van der Waals surface area contributed by atoms with Crippen molar-refractivity contribution >= 4 is 44.9 Å². The van der Waals surface area contributed by atoms with Crippen molar-refractivity contribution in [3.63, 3.8) is 0 Å². The van der Waals surface area contributed by atoms with E-state index in [0.717, 1.165) is 18.9 Å². The van der Waals surface area contributed by atoms with E-state index in [1.54, 1.807) is 4.90 Å². The van der Waals surface area contributed by atoms with Crippen LogP contribution in [0.25, 0.3) is 0 Å². The second-order valence-electron chi connectivity index (χ2n) is 6.77. The van der Waals surface area contributed by atoms with E-state index in [-0.39, 0.29) is 39.4 Å². The Hall–Kier alpha value is -2.04. The highest BCUT2D eigenvalue weighted by molar-refractivity contribution is 7.89. The van der Waals surface area contributed by atoms with Crippen LogP contribution in [0.15, 0.2) is 35.2 Å². The average Bonchev–Trinajstić information content (AvgIpc) is 2.70. The fourth-order valence-corrected chi connectivity index (χ4v) is 3.87. The molecule has 2 aromatic carbocycles. The van der Waals surface area contributed by atoms with Gasteiger partial charge in [-0.25, -0.2) is 18.4 Å². The summed E-state index contributed by atoms with van der Waals surface area (Å²) in [6, 6.07) is 6.69. The van der Waals surface area contributed by atoms with Crippen molar-refractivity contribution in [3.8, 4) is 11.5 Å². The first-order valence-corrected chi connectivity index (χ1v) is 11.8. The number of benzene rings is 2. The van der Waals surface area contributed by atoms with Crippen LogP contribution in [0, 0.1) is 0 Å². The van der Waals surface area contributed by atoms with Gasteiger partial charge in [-0.1, -0.05) is 36.5 Å². The molecule has 31 heavy (non-hydrogen) atoms. The van der Waals surface area contributed by atoms with Crippen LogP contribution in [-0.4, -0.2) is 44.3 Å². The molecule has 8 nitrogen and oxygen atoms in total. The van der Waals surface area contributed by atoms with Crippen LogP contribution in [0.1, 0.15) is 36.5 Å². The number of unbranched alkanes of at least 4 members (excludes halogenated alkanes) is 1. The molecule has 2 aromatic rings. The number of aliphatic hydroxyl groups is 1.